The van der Waals surface area contributed by atoms with Gasteiger partial charge in [-0.1, -0.05) is 17.7 Å². The minimum Gasteiger partial charge on any atom is -0.341 e. The smallest absolute Gasteiger partial charge is 0.262 e. The number of hydrogen-bond acceptors (Lipinski definition) is 5. The Kier molecular flexibility index (Phi) is 4.71. The number of rotatable bonds is 4. The minimum absolute atomic E-state index is 0.271. The van der Waals surface area contributed by atoms with Crippen molar-refractivity contribution in [3.05, 3.63) is 41.7 Å². The predicted octanol–water partition coefficient (Wildman–Crippen LogP) is 2.88. The van der Waals surface area contributed by atoms with E-state index in [4.69, 9.17) is 0 Å². The SMILES string of the molecule is Cc1ccc(S(=O)(=O)Nc2cnc(N3CCCCC3)nc2)c(C)c1. The maximum atomic E-state index is 12.5. The lowest BCUT2D eigenvalue weighted by Gasteiger charge is -2.26. The quantitative estimate of drug-likeness (QED) is 0.921. The van der Waals surface area contributed by atoms with Crippen molar-refractivity contribution in [3.63, 3.8) is 0 Å². The van der Waals surface area contributed by atoms with Gasteiger partial charge in [0.25, 0.3) is 10.0 Å². The number of aryl methyl sites for hydroxylation is 2. The second-order valence-electron chi connectivity index (χ2n) is 6.19. The number of aromatic nitrogens is 2. The molecule has 0 atom stereocenters. The van der Waals surface area contributed by atoms with E-state index in [9.17, 15) is 8.42 Å². The van der Waals surface area contributed by atoms with Crippen LogP contribution in [-0.4, -0.2) is 31.5 Å². The molecule has 0 amide bonds. The molecule has 0 aliphatic carbocycles. The summed E-state index contributed by atoms with van der Waals surface area (Å²) in [5, 5.41) is 0. The van der Waals surface area contributed by atoms with Gasteiger partial charge in [0.1, 0.15) is 0 Å². The molecule has 1 aromatic carbocycles. The number of benzene rings is 1. The number of nitrogens with one attached hydrogen (secondary N) is 1. The molecule has 24 heavy (non-hydrogen) atoms. The van der Waals surface area contributed by atoms with Crippen LogP contribution in [0.4, 0.5) is 11.6 Å². The highest BCUT2D eigenvalue weighted by Crippen LogP contribution is 2.21. The molecule has 2 aromatic rings. The maximum Gasteiger partial charge on any atom is 0.262 e. The summed E-state index contributed by atoms with van der Waals surface area (Å²) in [6.07, 6.45) is 6.58. The maximum absolute atomic E-state index is 12.5. The Bertz CT molecular complexity index is 813. The first kappa shape index (κ1) is 16.7. The van der Waals surface area contributed by atoms with Gasteiger partial charge in [-0.15, -0.1) is 0 Å². The first-order valence-electron chi connectivity index (χ1n) is 8.13. The molecule has 1 aromatic heterocycles. The van der Waals surface area contributed by atoms with Gasteiger partial charge in [-0.05, 0) is 44.7 Å². The van der Waals surface area contributed by atoms with Gasteiger partial charge in [-0.25, -0.2) is 18.4 Å². The summed E-state index contributed by atoms with van der Waals surface area (Å²) in [5.74, 6) is 0.657. The van der Waals surface area contributed by atoms with E-state index in [1.54, 1.807) is 19.1 Å². The number of hydrogen-bond donors (Lipinski definition) is 1. The van der Waals surface area contributed by atoms with Crippen LogP contribution in [0, 0.1) is 13.8 Å². The fraction of sp³-hybridized carbons (Fsp3) is 0.412. The summed E-state index contributed by atoms with van der Waals surface area (Å²) in [6, 6.07) is 5.26. The molecule has 1 aliphatic heterocycles. The molecule has 0 unspecified atom stereocenters. The molecule has 6 nitrogen and oxygen atoms in total. The zero-order valence-corrected chi connectivity index (χ0v) is 14.8. The highest BCUT2D eigenvalue weighted by molar-refractivity contribution is 7.92. The van der Waals surface area contributed by atoms with Gasteiger partial charge in [-0.2, -0.15) is 0 Å². The summed E-state index contributed by atoms with van der Waals surface area (Å²) in [7, 11) is -3.64. The van der Waals surface area contributed by atoms with Crippen molar-refractivity contribution in [2.24, 2.45) is 0 Å². The van der Waals surface area contributed by atoms with Crippen molar-refractivity contribution < 1.29 is 8.42 Å². The predicted molar refractivity (Wildman–Crippen MR) is 94.8 cm³/mol. The number of piperidine rings is 1. The van der Waals surface area contributed by atoms with Crippen LogP contribution >= 0.6 is 0 Å². The van der Waals surface area contributed by atoms with Gasteiger partial charge in [0.05, 0.1) is 23.0 Å². The highest BCUT2D eigenvalue weighted by Gasteiger charge is 2.18. The Balaban J connectivity index is 1.77. The first-order chi connectivity index (χ1) is 11.5. The number of anilines is 2. The topological polar surface area (TPSA) is 75.2 Å². The highest BCUT2D eigenvalue weighted by atomic mass is 32.2. The summed E-state index contributed by atoms with van der Waals surface area (Å²) in [6.45, 7) is 5.63. The van der Waals surface area contributed by atoms with Crippen LogP contribution < -0.4 is 9.62 Å². The molecule has 0 bridgehead atoms. The van der Waals surface area contributed by atoms with Crippen molar-refractivity contribution >= 4 is 21.7 Å². The molecule has 1 N–H and O–H groups in total. The molecule has 7 heteroatoms. The van der Waals surface area contributed by atoms with E-state index in [-0.39, 0.29) is 4.90 Å². The number of nitrogens with zero attached hydrogens (tertiary/aromatic N) is 3. The van der Waals surface area contributed by atoms with Crippen molar-refractivity contribution in [2.45, 2.75) is 38.0 Å². The molecule has 3 rings (SSSR count). The summed E-state index contributed by atoms with van der Waals surface area (Å²) in [4.78, 5) is 11.0. The monoisotopic (exact) mass is 346 g/mol. The van der Waals surface area contributed by atoms with E-state index >= 15 is 0 Å². The molecule has 1 saturated heterocycles. The summed E-state index contributed by atoms with van der Waals surface area (Å²) in [5.41, 5.74) is 2.12. The second kappa shape index (κ2) is 6.76. The van der Waals surface area contributed by atoms with E-state index in [1.807, 2.05) is 13.0 Å². The minimum atomic E-state index is -3.64. The lowest BCUT2D eigenvalue weighted by atomic mass is 10.1. The van der Waals surface area contributed by atoms with E-state index in [0.717, 1.165) is 31.5 Å². The fourth-order valence-corrected chi connectivity index (χ4v) is 4.20. The second-order valence-corrected chi connectivity index (χ2v) is 7.84. The van der Waals surface area contributed by atoms with Crippen molar-refractivity contribution in [2.75, 3.05) is 22.7 Å². The molecule has 128 valence electrons. The Labute approximate surface area is 143 Å². The van der Waals surface area contributed by atoms with Gasteiger partial charge < -0.3 is 4.90 Å². The van der Waals surface area contributed by atoms with Gasteiger partial charge in [-0.3, -0.25) is 4.72 Å². The average molecular weight is 346 g/mol. The van der Waals surface area contributed by atoms with Crippen molar-refractivity contribution in [3.8, 4) is 0 Å². The van der Waals surface area contributed by atoms with Crippen LogP contribution in [0.25, 0.3) is 0 Å². The lowest BCUT2D eigenvalue weighted by molar-refractivity contribution is 0.568. The van der Waals surface area contributed by atoms with Crippen LogP contribution in [0.15, 0.2) is 35.5 Å². The third kappa shape index (κ3) is 3.67. The van der Waals surface area contributed by atoms with Crippen LogP contribution in [0.1, 0.15) is 30.4 Å². The zero-order chi connectivity index (χ0) is 17.2. The zero-order valence-electron chi connectivity index (χ0n) is 14.0. The molecule has 2 heterocycles. The third-order valence-corrected chi connectivity index (χ3v) is 5.69. The van der Waals surface area contributed by atoms with E-state index in [1.165, 1.54) is 18.8 Å². The fourth-order valence-electron chi connectivity index (χ4n) is 2.94. The Hall–Kier alpha value is -2.15. The van der Waals surface area contributed by atoms with Gasteiger partial charge in [0, 0.05) is 13.1 Å². The standard InChI is InChI=1S/C17H22N4O2S/c1-13-6-7-16(14(2)10-13)24(22,23)20-15-11-18-17(19-12-15)21-8-4-3-5-9-21/h6-7,10-12,20H,3-5,8-9H2,1-2H3. The van der Waals surface area contributed by atoms with Gasteiger partial charge in [0.2, 0.25) is 5.95 Å². The Morgan fingerprint density at radius 1 is 1.04 bits per heavy atom. The average Bonchev–Trinajstić information content (AvgIpc) is 2.55. The normalized spacial score (nSPS) is 15.3. The van der Waals surface area contributed by atoms with Crippen molar-refractivity contribution in [1.82, 2.24) is 9.97 Å². The molecule has 1 aliphatic rings. The first-order valence-corrected chi connectivity index (χ1v) is 9.61. The van der Waals surface area contributed by atoms with Crippen LogP contribution in [0.2, 0.25) is 0 Å². The molecule has 0 spiro atoms. The Morgan fingerprint density at radius 3 is 2.33 bits per heavy atom. The van der Waals surface area contributed by atoms with Gasteiger partial charge >= 0.3 is 0 Å². The third-order valence-electron chi connectivity index (χ3n) is 4.15. The molecule has 1 fully saturated rings. The molecule has 0 saturated carbocycles. The lowest BCUT2D eigenvalue weighted by Crippen LogP contribution is -2.30. The molecular weight excluding hydrogens is 324 g/mol. The van der Waals surface area contributed by atoms with Crippen LogP contribution in [0.3, 0.4) is 0 Å². The number of sulfonamides is 1. The Morgan fingerprint density at radius 2 is 1.71 bits per heavy atom. The largest absolute Gasteiger partial charge is 0.341 e. The van der Waals surface area contributed by atoms with Crippen molar-refractivity contribution in [1.29, 1.82) is 0 Å². The van der Waals surface area contributed by atoms with E-state index in [2.05, 4.69) is 19.6 Å². The van der Waals surface area contributed by atoms with Crippen LogP contribution in [-0.2, 0) is 10.0 Å². The van der Waals surface area contributed by atoms with Crippen LogP contribution in [0.5, 0.6) is 0 Å². The summed E-state index contributed by atoms with van der Waals surface area (Å²) >= 11 is 0. The van der Waals surface area contributed by atoms with Gasteiger partial charge in [0.15, 0.2) is 0 Å². The summed E-state index contributed by atoms with van der Waals surface area (Å²) < 4.78 is 27.6. The molecular formula is C17H22N4O2S. The molecule has 0 radical (unpaired) electrons. The van der Waals surface area contributed by atoms with E-state index in [0.29, 0.717) is 17.2 Å². The van der Waals surface area contributed by atoms with E-state index < -0.39 is 10.0 Å².